The molecule has 21 heavy (non-hydrogen) atoms. The predicted octanol–water partition coefficient (Wildman–Crippen LogP) is 3.19. The topological polar surface area (TPSA) is 23.5 Å². The molecule has 0 bridgehead atoms. The third kappa shape index (κ3) is 3.48. The van der Waals surface area contributed by atoms with Crippen LogP contribution < -0.4 is 0 Å². The van der Waals surface area contributed by atoms with E-state index in [0.29, 0.717) is 5.41 Å². The Balaban J connectivity index is 1.63. The van der Waals surface area contributed by atoms with Crippen LogP contribution in [0.1, 0.15) is 49.7 Å². The summed E-state index contributed by atoms with van der Waals surface area (Å²) in [6, 6.07) is 8.33. The minimum Gasteiger partial charge on any atom is -0.384 e. The molecule has 0 aromatic heterocycles. The van der Waals surface area contributed by atoms with Gasteiger partial charge in [-0.2, -0.15) is 0 Å². The van der Waals surface area contributed by atoms with Crippen LogP contribution in [0, 0.1) is 17.3 Å². The Labute approximate surface area is 128 Å². The number of hydrogen-bond donors (Lipinski definition) is 1. The van der Waals surface area contributed by atoms with Crippen LogP contribution in [0.2, 0.25) is 0 Å². The number of aliphatic hydroxyl groups excluding tert-OH is 1. The van der Waals surface area contributed by atoms with E-state index in [2.05, 4.69) is 34.9 Å². The minimum atomic E-state index is -0.0689. The van der Waals surface area contributed by atoms with Crippen LogP contribution in [-0.4, -0.2) is 29.7 Å². The van der Waals surface area contributed by atoms with Crippen molar-refractivity contribution >= 4 is 0 Å². The number of nitrogens with zero attached hydrogens (tertiary/aromatic N) is 1. The molecule has 2 fully saturated rings. The van der Waals surface area contributed by atoms with Gasteiger partial charge in [0.25, 0.3) is 0 Å². The molecule has 1 spiro atoms. The zero-order valence-electron chi connectivity index (χ0n) is 12.8. The van der Waals surface area contributed by atoms with Crippen molar-refractivity contribution in [1.29, 1.82) is 0 Å². The average Bonchev–Trinajstić information content (AvgIpc) is 2.97. The molecule has 1 heterocycles. The van der Waals surface area contributed by atoms with Gasteiger partial charge in [0, 0.05) is 12.1 Å². The molecule has 2 nitrogen and oxygen atoms in total. The van der Waals surface area contributed by atoms with Crippen molar-refractivity contribution in [2.45, 2.75) is 45.1 Å². The van der Waals surface area contributed by atoms with Gasteiger partial charge in [-0.15, -0.1) is 0 Å². The Bertz CT molecular complexity index is 524. The first-order valence-corrected chi connectivity index (χ1v) is 8.21. The summed E-state index contributed by atoms with van der Waals surface area (Å²) >= 11 is 0. The number of benzene rings is 1. The Hall–Kier alpha value is -1.30. The van der Waals surface area contributed by atoms with E-state index in [4.69, 9.17) is 5.11 Å². The highest BCUT2D eigenvalue weighted by Gasteiger charge is 2.36. The quantitative estimate of drug-likeness (QED) is 0.843. The molecule has 2 heteroatoms. The van der Waals surface area contributed by atoms with Gasteiger partial charge in [-0.1, -0.05) is 42.9 Å². The highest BCUT2D eigenvalue weighted by atomic mass is 16.2. The molecule has 112 valence electrons. The second kappa shape index (κ2) is 6.64. The molecule has 0 radical (unpaired) electrons. The molecule has 1 saturated heterocycles. The van der Waals surface area contributed by atoms with Crippen molar-refractivity contribution in [1.82, 2.24) is 4.90 Å². The van der Waals surface area contributed by atoms with Crippen molar-refractivity contribution in [3.8, 4) is 11.8 Å². The van der Waals surface area contributed by atoms with Crippen LogP contribution in [0.4, 0.5) is 0 Å². The van der Waals surface area contributed by atoms with E-state index >= 15 is 0 Å². The van der Waals surface area contributed by atoms with Gasteiger partial charge < -0.3 is 5.11 Å². The summed E-state index contributed by atoms with van der Waals surface area (Å²) in [7, 11) is 0. The number of aliphatic hydroxyl groups is 1. The van der Waals surface area contributed by atoms with Gasteiger partial charge in [0.05, 0.1) is 0 Å². The fourth-order valence-electron chi connectivity index (χ4n) is 3.97. The molecular formula is C19H25NO. The standard InChI is InChI=1S/C19H25NO/c21-15-5-8-17-6-1-2-7-18(17)16-20-13-11-19(12-14-20)9-3-4-10-19/h1-2,6-7,21H,3-4,9-16H2. The monoisotopic (exact) mass is 283 g/mol. The van der Waals surface area contributed by atoms with Crippen molar-refractivity contribution in [2.24, 2.45) is 5.41 Å². The molecule has 3 rings (SSSR count). The van der Waals surface area contributed by atoms with Gasteiger partial charge in [0.1, 0.15) is 6.61 Å². The van der Waals surface area contributed by atoms with E-state index in [-0.39, 0.29) is 6.61 Å². The number of likely N-dealkylation sites (tertiary alicyclic amines) is 1. The SMILES string of the molecule is OCC#Cc1ccccc1CN1CCC2(CCCC2)CC1. The average molecular weight is 283 g/mol. The van der Waals surface area contributed by atoms with Gasteiger partial charge in [-0.05, 0) is 55.8 Å². The van der Waals surface area contributed by atoms with Gasteiger partial charge in [0.2, 0.25) is 0 Å². The Morgan fingerprint density at radius 2 is 1.76 bits per heavy atom. The van der Waals surface area contributed by atoms with E-state index in [1.54, 1.807) is 0 Å². The molecule has 1 aromatic carbocycles. The summed E-state index contributed by atoms with van der Waals surface area (Å²) in [5.41, 5.74) is 3.04. The summed E-state index contributed by atoms with van der Waals surface area (Å²) in [5, 5.41) is 8.87. The normalized spacial score (nSPS) is 21.2. The van der Waals surface area contributed by atoms with E-state index < -0.39 is 0 Å². The third-order valence-corrected chi connectivity index (χ3v) is 5.29. The van der Waals surface area contributed by atoms with Crippen molar-refractivity contribution in [3.05, 3.63) is 35.4 Å². The molecular weight excluding hydrogens is 258 g/mol. The fourth-order valence-corrected chi connectivity index (χ4v) is 3.97. The van der Waals surface area contributed by atoms with Crippen LogP contribution in [-0.2, 0) is 6.54 Å². The zero-order valence-corrected chi connectivity index (χ0v) is 12.8. The molecule has 1 aromatic rings. The van der Waals surface area contributed by atoms with Crippen LogP contribution in [0.25, 0.3) is 0 Å². The Morgan fingerprint density at radius 1 is 1.05 bits per heavy atom. The Morgan fingerprint density at radius 3 is 2.48 bits per heavy atom. The van der Waals surface area contributed by atoms with Crippen molar-refractivity contribution in [2.75, 3.05) is 19.7 Å². The van der Waals surface area contributed by atoms with E-state index in [9.17, 15) is 0 Å². The first-order chi connectivity index (χ1) is 10.3. The lowest BCUT2D eigenvalue weighted by molar-refractivity contribution is 0.103. The second-order valence-electron chi connectivity index (χ2n) is 6.60. The molecule has 1 aliphatic carbocycles. The van der Waals surface area contributed by atoms with Crippen LogP contribution in [0.5, 0.6) is 0 Å². The fraction of sp³-hybridized carbons (Fsp3) is 0.579. The first-order valence-electron chi connectivity index (χ1n) is 8.21. The van der Waals surface area contributed by atoms with Gasteiger partial charge in [0.15, 0.2) is 0 Å². The van der Waals surface area contributed by atoms with E-state index in [1.807, 2.05) is 6.07 Å². The van der Waals surface area contributed by atoms with Gasteiger partial charge in [-0.25, -0.2) is 0 Å². The summed E-state index contributed by atoms with van der Waals surface area (Å²) in [6.07, 6.45) is 8.55. The lowest BCUT2D eigenvalue weighted by Gasteiger charge is -2.39. The van der Waals surface area contributed by atoms with Crippen LogP contribution in [0.3, 0.4) is 0 Å². The maximum absolute atomic E-state index is 8.87. The van der Waals surface area contributed by atoms with Crippen LogP contribution >= 0.6 is 0 Å². The Kier molecular flexibility index (Phi) is 4.63. The van der Waals surface area contributed by atoms with Crippen molar-refractivity contribution in [3.63, 3.8) is 0 Å². The predicted molar refractivity (Wildman–Crippen MR) is 85.8 cm³/mol. The molecule has 1 saturated carbocycles. The summed E-state index contributed by atoms with van der Waals surface area (Å²) in [5.74, 6) is 5.84. The summed E-state index contributed by atoms with van der Waals surface area (Å²) in [6.45, 7) is 3.37. The first kappa shape index (κ1) is 14.6. The number of piperidine rings is 1. The maximum Gasteiger partial charge on any atom is 0.104 e. The van der Waals surface area contributed by atoms with Crippen molar-refractivity contribution < 1.29 is 5.11 Å². The molecule has 0 atom stereocenters. The maximum atomic E-state index is 8.87. The second-order valence-corrected chi connectivity index (χ2v) is 6.60. The molecule has 2 aliphatic rings. The van der Waals surface area contributed by atoms with Gasteiger partial charge in [-0.3, -0.25) is 4.90 Å². The largest absolute Gasteiger partial charge is 0.384 e. The minimum absolute atomic E-state index is 0.0689. The van der Waals surface area contributed by atoms with Gasteiger partial charge >= 0.3 is 0 Å². The lowest BCUT2D eigenvalue weighted by Crippen LogP contribution is -2.38. The smallest absolute Gasteiger partial charge is 0.104 e. The van der Waals surface area contributed by atoms with Crippen LogP contribution in [0.15, 0.2) is 24.3 Å². The summed E-state index contributed by atoms with van der Waals surface area (Å²) in [4.78, 5) is 2.57. The molecule has 0 unspecified atom stereocenters. The highest BCUT2D eigenvalue weighted by Crippen LogP contribution is 2.46. The summed E-state index contributed by atoms with van der Waals surface area (Å²) < 4.78 is 0. The highest BCUT2D eigenvalue weighted by molar-refractivity contribution is 5.41. The lowest BCUT2D eigenvalue weighted by atomic mass is 9.77. The van der Waals surface area contributed by atoms with E-state index in [1.165, 1.54) is 57.2 Å². The molecule has 1 N–H and O–H groups in total. The third-order valence-electron chi connectivity index (χ3n) is 5.29. The zero-order chi connectivity index (χ0) is 14.5. The number of rotatable bonds is 2. The number of hydrogen-bond acceptors (Lipinski definition) is 2. The molecule has 0 amide bonds. The molecule has 1 aliphatic heterocycles. The van der Waals surface area contributed by atoms with E-state index in [0.717, 1.165) is 12.1 Å².